The summed E-state index contributed by atoms with van der Waals surface area (Å²) >= 11 is 1.45. The van der Waals surface area contributed by atoms with Crippen LogP contribution in [0.25, 0.3) is 10.9 Å². The number of aromatic nitrogens is 3. The van der Waals surface area contributed by atoms with Crippen molar-refractivity contribution in [3.8, 4) is 6.07 Å². The monoisotopic (exact) mass is 264 g/mol. The molecule has 0 atom stereocenters. The minimum absolute atomic E-state index is 0.558. The summed E-state index contributed by atoms with van der Waals surface area (Å²) in [4.78, 5) is 13.2. The van der Waals surface area contributed by atoms with Crippen molar-refractivity contribution in [1.82, 2.24) is 15.0 Å². The third-order valence-corrected chi connectivity index (χ3v) is 3.70. The standard InChI is InChI=1S/C14H8N4S/c15-7-10-8-17-12-4-2-1-3-11(12)14(10)19-13-5-6-16-9-18-13/h1-6,8-9H. The molecule has 0 aliphatic rings. The Hall–Kier alpha value is -2.45. The van der Waals surface area contributed by atoms with E-state index in [-0.39, 0.29) is 0 Å². The lowest BCUT2D eigenvalue weighted by atomic mass is 10.2. The predicted molar refractivity (Wildman–Crippen MR) is 72.6 cm³/mol. The lowest BCUT2D eigenvalue weighted by Gasteiger charge is -2.06. The average Bonchev–Trinajstić information content (AvgIpc) is 2.49. The molecular formula is C14H8N4S. The maximum atomic E-state index is 9.22. The van der Waals surface area contributed by atoms with Gasteiger partial charge in [0, 0.05) is 22.7 Å². The molecule has 1 aromatic carbocycles. The number of nitrogens with zero attached hydrogens (tertiary/aromatic N) is 4. The van der Waals surface area contributed by atoms with Crippen LogP contribution >= 0.6 is 11.8 Å². The smallest absolute Gasteiger partial charge is 0.116 e. The molecule has 2 heterocycles. The summed E-state index contributed by atoms with van der Waals surface area (Å²) in [5, 5.41) is 11.0. The van der Waals surface area contributed by atoms with Gasteiger partial charge in [0.15, 0.2) is 0 Å². The van der Waals surface area contributed by atoms with Gasteiger partial charge in [-0.2, -0.15) is 5.26 Å². The topological polar surface area (TPSA) is 62.5 Å². The Morgan fingerprint density at radius 1 is 1.11 bits per heavy atom. The highest BCUT2D eigenvalue weighted by atomic mass is 32.2. The van der Waals surface area contributed by atoms with E-state index in [0.717, 1.165) is 20.8 Å². The van der Waals surface area contributed by atoms with E-state index in [0.29, 0.717) is 5.56 Å². The molecular weight excluding hydrogens is 256 g/mol. The normalized spacial score (nSPS) is 10.3. The number of para-hydroxylation sites is 1. The van der Waals surface area contributed by atoms with Crippen molar-refractivity contribution in [1.29, 1.82) is 5.26 Å². The second kappa shape index (κ2) is 5.04. The summed E-state index contributed by atoms with van der Waals surface area (Å²) in [5.41, 5.74) is 1.43. The number of rotatable bonds is 2. The quantitative estimate of drug-likeness (QED) is 0.666. The minimum atomic E-state index is 0.558. The fourth-order valence-electron chi connectivity index (χ4n) is 1.75. The summed E-state index contributed by atoms with van der Waals surface area (Å²) in [7, 11) is 0. The number of nitriles is 1. The van der Waals surface area contributed by atoms with Crippen LogP contribution < -0.4 is 0 Å². The van der Waals surface area contributed by atoms with E-state index < -0.39 is 0 Å². The summed E-state index contributed by atoms with van der Waals surface area (Å²) < 4.78 is 0. The molecule has 0 amide bonds. The van der Waals surface area contributed by atoms with E-state index in [9.17, 15) is 5.26 Å². The zero-order chi connectivity index (χ0) is 13.1. The molecule has 4 nitrogen and oxygen atoms in total. The second-order valence-corrected chi connectivity index (χ2v) is 4.81. The van der Waals surface area contributed by atoms with E-state index in [4.69, 9.17) is 0 Å². The van der Waals surface area contributed by atoms with Gasteiger partial charge in [0.2, 0.25) is 0 Å². The Morgan fingerprint density at radius 3 is 2.79 bits per heavy atom. The molecule has 0 aliphatic heterocycles. The zero-order valence-corrected chi connectivity index (χ0v) is 10.6. The van der Waals surface area contributed by atoms with Crippen LogP contribution in [-0.2, 0) is 0 Å². The number of benzene rings is 1. The highest BCUT2D eigenvalue weighted by Gasteiger charge is 2.10. The summed E-state index contributed by atoms with van der Waals surface area (Å²) in [6.07, 6.45) is 4.79. The fraction of sp³-hybridized carbons (Fsp3) is 0. The van der Waals surface area contributed by atoms with Crippen molar-refractivity contribution in [3.63, 3.8) is 0 Å². The van der Waals surface area contributed by atoms with Gasteiger partial charge < -0.3 is 0 Å². The van der Waals surface area contributed by atoms with Gasteiger partial charge >= 0.3 is 0 Å². The lowest BCUT2D eigenvalue weighted by Crippen LogP contribution is -1.89. The molecule has 2 aromatic heterocycles. The minimum Gasteiger partial charge on any atom is -0.255 e. The summed E-state index contributed by atoms with van der Waals surface area (Å²) in [6, 6.07) is 11.8. The summed E-state index contributed by atoms with van der Waals surface area (Å²) in [5.74, 6) is 0. The highest BCUT2D eigenvalue weighted by molar-refractivity contribution is 7.99. The molecule has 19 heavy (non-hydrogen) atoms. The first-order valence-electron chi connectivity index (χ1n) is 5.60. The van der Waals surface area contributed by atoms with Crippen LogP contribution in [-0.4, -0.2) is 15.0 Å². The van der Waals surface area contributed by atoms with Gasteiger partial charge in [0.25, 0.3) is 0 Å². The predicted octanol–water partition coefficient (Wildman–Crippen LogP) is 3.05. The number of hydrogen-bond acceptors (Lipinski definition) is 5. The average molecular weight is 264 g/mol. The van der Waals surface area contributed by atoms with Crippen molar-refractivity contribution in [2.75, 3.05) is 0 Å². The van der Waals surface area contributed by atoms with E-state index in [1.54, 1.807) is 12.4 Å². The van der Waals surface area contributed by atoms with Crippen LogP contribution in [0.3, 0.4) is 0 Å². The molecule has 0 fully saturated rings. The first kappa shape index (κ1) is 11.6. The van der Waals surface area contributed by atoms with Gasteiger partial charge in [-0.3, -0.25) is 4.98 Å². The van der Waals surface area contributed by atoms with Crippen LogP contribution in [0.5, 0.6) is 0 Å². The molecule has 0 bridgehead atoms. The summed E-state index contributed by atoms with van der Waals surface area (Å²) in [6.45, 7) is 0. The molecule has 90 valence electrons. The molecule has 5 heteroatoms. The van der Waals surface area contributed by atoms with Crippen LogP contribution in [0.1, 0.15) is 5.56 Å². The molecule has 0 aliphatic carbocycles. The van der Waals surface area contributed by atoms with E-state index in [1.165, 1.54) is 18.1 Å². The molecule has 0 saturated carbocycles. The molecule has 0 N–H and O–H groups in total. The van der Waals surface area contributed by atoms with Gasteiger partial charge in [0.1, 0.15) is 17.4 Å². The van der Waals surface area contributed by atoms with Crippen LogP contribution in [0.15, 0.2) is 59.0 Å². The fourth-order valence-corrected chi connectivity index (χ4v) is 2.68. The van der Waals surface area contributed by atoms with Crippen LogP contribution in [0, 0.1) is 11.3 Å². The molecule has 0 spiro atoms. The molecule has 3 rings (SSSR count). The maximum Gasteiger partial charge on any atom is 0.116 e. The Bertz CT molecular complexity index is 765. The van der Waals surface area contributed by atoms with Crippen LogP contribution in [0.2, 0.25) is 0 Å². The first-order valence-corrected chi connectivity index (χ1v) is 6.42. The molecule has 0 unspecified atom stereocenters. The van der Waals surface area contributed by atoms with Crippen molar-refractivity contribution < 1.29 is 0 Å². The molecule has 3 aromatic rings. The van der Waals surface area contributed by atoms with Crippen molar-refractivity contribution in [2.24, 2.45) is 0 Å². The largest absolute Gasteiger partial charge is 0.255 e. The third kappa shape index (κ3) is 2.26. The second-order valence-electron chi connectivity index (χ2n) is 3.78. The van der Waals surface area contributed by atoms with E-state index >= 15 is 0 Å². The Balaban J connectivity index is 2.18. The van der Waals surface area contributed by atoms with Gasteiger partial charge in [-0.1, -0.05) is 30.0 Å². The van der Waals surface area contributed by atoms with Gasteiger partial charge in [-0.25, -0.2) is 9.97 Å². The maximum absolute atomic E-state index is 9.22. The SMILES string of the molecule is N#Cc1cnc2ccccc2c1Sc1ccncn1. The Morgan fingerprint density at radius 2 is 2.00 bits per heavy atom. The lowest BCUT2D eigenvalue weighted by molar-refractivity contribution is 1.05. The number of fused-ring (bicyclic) bond motifs is 1. The first-order chi connectivity index (χ1) is 9.38. The molecule has 0 saturated heterocycles. The van der Waals surface area contributed by atoms with E-state index in [1.807, 2.05) is 30.3 Å². The van der Waals surface area contributed by atoms with Crippen molar-refractivity contribution >= 4 is 22.7 Å². The Kier molecular flexibility index (Phi) is 3.09. The van der Waals surface area contributed by atoms with Gasteiger partial charge in [-0.05, 0) is 12.1 Å². The number of hydrogen-bond donors (Lipinski definition) is 0. The van der Waals surface area contributed by atoms with Gasteiger partial charge in [0.05, 0.1) is 11.1 Å². The number of pyridine rings is 1. The van der Waals surface area contributed by atoms with Crippen LogP contribution in [0.4, 0.5) is 0 Å². The third-order valence-electron chi connectivity index (χ3n) is 2.61. The Labute approximate surface area is 114 Å². The van der Waals surface area contributed by atoms with Gasteiger partial charge in [-0.15, -0.1) is 0 Å². The highest BCUT2D eigenvalue weighted by Crippen LogP contribution is 2.33. The van der Waals surface area contributed by atoms with Crippen molar-refractivity contribution in [3.05, 3.63) is 54.6 Å². The van der Waals surface area contributed by atoms with Crippen molar-refractivity contribution in [2.45, 2.75) is 9.92 Å². The van der Waals surface area contributed by atoms with E-state index in [2.05, 4.69) is 21.0 Å². The zero-order valence-electron chi connectivity index (χ0n) is 9.82. The molecule has 0 radical (unpaired) electrons.